The van der Waals surface area contributed by atoms with Gasteiger partial charge in [-0.3, -0.25) is 0 Å². The number of hydrogen-bond donors (Lipinski definition) is 1. The zero-order valence-corrected chi connectivity index (χ0v) is 8.53. The maximum absolute atomic E-state index is 10.6. The Morgan fingerprint density at radius 3 is 2.87 bits per heavy atom. The third-order valence-electron chi connectivity index (χ3n) is 1.75. The largest absolute Gasteiger partial charge is 0.478 e. The Hall–Kier alpha value is -1.79. The summed E-state index contributed by atoms with van der Waals surface area (Å²) in [5.41, 5.74) is 0.856. The van der Waals surface area contributed by atoms with Crippen LogP contribution in [0.4, 0.5) is 0 Å². The van der Waals surface area contributed by atoms with Gasteiger partial charge in [-0.15, -0.1) is 0 Å². The van der Waals surface area contributed by atoms with Gasteiger partial charge in [-0.1, -0.05) is 29.8 Å². The number of nitriles is 1. The molecule has 0 saturated carbocycles. The number of aromatic carboxylic acids is 1. The highest BCUT2D eigenvalue weighted by Crippen LogP contribution is 2.19. The first kappa shape index (κ1) is 11.3. The standard InChI is InChI=1S/C11H8ClNO2/c12-10-7-9(11(14)15)5-4-8(10)3-1-2-6-13/h1,3-5,7H,2H2,(H,14,15). The van der Waals surface area contributed by atoms with Crippen LogP contribution in [0.5, 0.6) is 0 Å². The van der Waals surface area contributed by atoms with Gasteiger partial charge >= 0.3 is 5.97 Å². The zero-order valence-electron chi connectivity index (χ0n) is 7.77. The van der Waals surface area contributed by atoms with Gasteiger partial charge in [-0.05, 0) is 17.7 Å². The van der Waals surface area contributed by atoms with Gasteiger partial charge in [-0.25, -0.2) is 4.79 Å². The molecule has 0 aliphatic heterocycles. The lowest BCUT2D eigenvalue weighted by Crippen LogP contribution is -1.95. The molecule has 0 bridgehead atoms. The topological polar surface area (TPSA) is 61.1 Å². The van der Waals surface area contributed by atoms with Crippen molar-refractivity contribution < 1.29 is 9.90 Å². The Kier molecular flexibility index (Phi) is 3.90. The van der Waals surface area contributed by atoms with E-state index in [0.717, 1.165) is 0 Å². The van der Waals surface area contributed by atoms with Crippen LogP contribution in [-0.2, 0) is 0 Å². The van der Waals surface area contributed by atoms with Gasteiger partial charge in [0.2, 0.25) is 0 Å². The van der Waals surface area contributed by atoms with Crippen LogP contribution in [0, 0.1) is 11.3 Å². The molecule has 0 spiro atoms. The molecule has 4 heteroatoms. The molecule has 1 aromatic carbocycles. The maximum Gasteiger partial charge on any atom is 0.335 e. The van der Waals surface area contributed by atoms with Gasteiger partial charge < -0.3 is 5.11 Å². The Balaban J connectivity index is 2.94. The van der Waals surface area contributed by atoms with Gasteiger partial charge in [0.1, 0.15) is 0 Å². The minimum atomic E-state index is -1.01. The van der Waals surface area contributed by atoms with Crippen LogP contribution < -0.4 is 0 Å². The highest BCUT2D eigenvalue weighted by molar-refractivity contribution is 6.32. The normalized spacial score (nSPS) is 10.1. The second-order valence-corrected chi connectivity index (χ2v) is 3.21. The summed E-state index contributed by atoms with van der Waals surface area (Å²) in [5.74, 6) is -1.01. The molecule has 0 saturated heterocycles. The van der Waals surface area contributed by atoms with Gasteiger partial charge in [-0.2, -0.15) is 5.26 Å². The predicted octanol–water partition coefficient (Wildman–Crippen LogP) is 2.97. The summed E-state index contributed by atoms with van der Waals surface area (Å²) in [5, 5.41) is 17.4. The lowest BCUT2D eigenvalue weighted by atomic mass is 10.1. The molecule has 1 aromatic rings. The van der Waals surface area contributed by atoms with Crippen molar-refractivity contribution in [2.75, 3.05) is 0 Å². The Bertz CT molecular complexity index is 446. The molecule has 0 atom stereocenters. The highest BCUT2D eigenvalue weighted by Gasteiger charge is 2.04. The van der Waals surface area contributed by atoms with Crippen LogP contribution in [-0.4, -0.2) is 11.1 Å². The zero-order chi connectivity index (χ0) is 11.3. The van der Waals surface area contributed by atoms with Gasteiger partial charge in [0.05, 0.1) is 18.1 Å². The first-order valence-electron chi connectivity index (χ1n) is 4.21. The molecule has 76 valence electrons. The summed E-state index contributed by atoms with van der Waals surface area (Å²) in [6.07, 6.45) is 3.66. The van der Waals surface area contributed by atoms with Crippen molar-refractivity contribution in [2.24, 2.45) is 0 Å². The molecular weight excluding hydrogens is 214 g/mol. The second-order valence-electron chi connectivity index (χ2n) is 2.81. The average molecular weight is 222 g/mol. The molecule has 0 aromatic heterocycles. The van der Waals surface area contributed by atoms with E-state index in [4.69, 9.17) is 22.0 Å². The van der Waals surface area contributed by atoms with E-state index in [1.807, 2.05) is 6.07 Å². The van der Waals surface area contributed by atoms with E-state index < -0.39 is 5.97 Å². The van der Waals surface area contributed by atoms with E-state index in [0.29, 0.717) is 17.0 Å². The second kappa shape index (κ2) is 5.18. The molecule has 0 aliphatic rings. The third kappa shape index (κ3) is 3.12. The van der Waals surface area contributed by atoms with Crippen LogP contribution in [0.25, 0.3) is 6.08 Å². The fourth-order valence-electron chi connectivity index (χ4n) is 1.03. The summed E-state index contributed by atoms with van der Waals surface area (Å²) >= 11 is 5.85. The van der Waals surface area contributed by atoms with Crippen molar-refractivity contribution in [3.63, 3.8) is 0 Å². The predicted molar refractivity (Wildman–Crippen MR) is 57.7 cm³/mol. The van der Waals surface area contributed by atoms with Crippen molar-refractivity contribution in [3.05, 3.63) is 40.4 Å². The van der Waals surface area contributed by atoms with Crippen LogP contribution in [0.3, 0.4) is 0 Å². The first-order valence-corrected chi connectivity index (χ1v) is 4.59. The fourth-order valence-corrected chi connectivity index (χ4v) is 1.28. The van der Waals surface area contributed by atoms with Crippen molar-refractivity contribution in [1.82, 2.24) is 0 Å². The molecule has 0 unspecified atom stereocenters. The Morgan fingerprint density at radius 1 is 1.60 bits per heavy atom. The van der Waals surface area contributed by atoms with Crippen molar-refractivity contribution in [2.45, 2.75) is 6.42 Å². The van der Waals surface area contributed by atoms with E-state index in [9.17, 15) is 4.79 Å². The van der Waals surface area contributed by atoms with E-state index in [2.05, 4.69) is 0 Å². The number of hydrogen-bond acceptors (Lipinski definition) is 2. The molecule has 0 radical (unpaired) electrons. The minimum Gasteiger partial charge on any atom is -0.478 e. The van der Waals surface area contributed by atoms with Crippen molar-refractivity contribution >= 4 is 23.6 Å². The smallest absolute Gasteiger partial charge is 0.335 e. The van der Waals surface area contributed by atoms with Gasteiger partial charge in [0, 0.05) is 5.02 Å². The number of carbonyl (C=O) groups is 1. The lowest BCUT2D eigenvalue weighted by molar-refractivity contribution is 0.0697. The maximum atomic E-state index is 10.6. The van der Waals surface area contributed by atoms with Crippen LogP contribution in [0.15, 0.2) is 24.3 Å². The molecule has 15 heavy (non-hydrogen) atoms. The minimum absolute atomic E-state index is 0.150. The van der Waals surface area contributed by atoms with Crippen LogP contribution >= 0.6 is 11.6 Å². The number of benzene rings is 1. The number of rotatable bonds is 3. The number of carboxylic acid groups (broad SMARTS) is 1. The van der Waals surface area contributed by atoms with Crippen LogP contribution in [0.1, 0.15) is 22.3 Å². The van der Waals surface area contributed by atoms with E-state index in [-0.39, 0.29) is 5.56 Å². The van der Waals surface area contributed by atoms with E-state index >= 15 is 0 Å². The van der Waals surface area contributed by atoms with Crippen LogP contribution in [0.2, 0.25) is 5.02 Å². The highest BCUT2D eigenvalue weighted by atomic mass is 35.5. The van der Waals surface area contributed by atoms with Gasteiger partial charge in [0.15, 0.2) is 0 Å². The van der Waals surface area contributed by atoms with Crippen molar-refractivity contribution in [1.29, 1.82) is 5.26 Å². The summed E-state index contributed by atoms with van der Waals surface area (Å²) in [4.78, 5) is 10.6. The first-order chi connectivity index (χ1) is 7.15. The number of allylic oxidation sites excluding steroid dienone is 1. The molecule has 0 amide bonds. The van der Waals surface area contributed by atoms with E-state index in [1.165, 1.54) is 12.1 Å². The molecule has 0 heterocycles. The Labute approximate surface area is 92.2 Å². The molecule has 0 fully saturated rings. The van der Waals surface area contributed by atoms with E-state index in [1.54, 1.807) is 18.2 Å². The summed E-state index contributed by atoms with van der Waals surface area (Å²) < 4.78 is 0. The molecule has 0 aliphatic carbocycles. The molecule has 3 nitrogen and oxygen atoms in total. The Morgan fingerprint density at radius 2 is 2.33 bits per heavy atom. The number of nitrogens with zero attached hydrogens (tertiary/aromatic N) is 1. The number of halogens is 1. The summed E-state index contributed by atoms with van der Waals surface area (Å²) in [6, 6.07) is 6.43. The molecule has 1 rings (SSSR count). The average Bonchev–Trinajstić information content (AvgIpc) is 2.20. The quantitative estimate of drug-likeness (QED) is 0.854. The van der Waals surface area contributed by atoms with Gasteiger partial charge in [0.25, 0.3) is 0 Å². The summed E-state index contributed by atoms with van der Waals surface area (Å²) in [6.45, 7) is 0. The third-order valence-corrected chi connectivity index (χ3v) is 2.08. The van der Waals surface area contributed by atoms with Crippen molar-refractivity contribution in [3.8, 4) is 6.07 Å². The number of carboxylic acids is 1. The lowest BCUT2D eigenvalue weighted by Gasteiger charge is -1.99. The SMILES string of the molecule is N#CCC=Cc1ccc(C(=O)O)cc1Cl. The molecular formula is C11H8ClNO2. The molecule has 1 N–H and O–H groups in total. The monoisotopic (exact) mass is 221 g/mol. The fraction of sp³-hybridized carbons (Fsp3) is 0.0909. The summed E-state index contributed by atoms with van der Waals surface area (Å²) in [7, 11) is 0.